The standard InChI is InChI=1S/C20H18N4O5S2/c1-10(9-30-20-22-21-11(2)31-20)15(19(28)29-3)23-8-14(18(23)27)24-16(25)12-6-4-5-7-13(12)17(24)26/h4-7,14H,8-9H2,1-3H3/b15-10+. The predicted octanol–water partition coefficient (Wildman–Crippen LogP) is 1.89. The van der Waals surface area contributed by atoms with Crippen molar-refractivity contribution in [1.29, 1.82) is 0 Å². The van der Waals surface area contributed by atoms with E-state index in [-0.39, 0.29) is 23.4 Å². The summed E-state index contributed by atoms with van der Waals surface area (Å²) < 4.78 is 5.63. The van der Waals surface area contributed by atoms with Gasteiger partial charge in [0, 0.05) is 5.75 Å². The number of hydrogen-bond acceptors (Lipinski definition) is 9. The number of β-lactam (4-membered cyclic amide) rings is 1. The molecule has 0 radical (unpaired) electrons. The molecule has 2 aliphatic heterocycles. The molecule has 4 rings (SSSR count). The summed E-state index contributed by atoms with van der Waals surface area (Å²) in [5, 5.41) is 8.83. The topological polar surface area (TPSA) is 110 Å². The molecule has 31 heavy (non-hydrogen) atoms. The van der Waals surface area contributed by atoms with Gasteiger partial charge in [-0.2, -0.15) is 0 Å². The Bertz CT molecular complexity index is 1110. The summed E-state index contributed by atoms with van der Waals surface area (Å²) >= 11 is 2.84. The predicted molar refractivity (Wildman–Crippen MR) is 113 cm³/mol. The summed E-state index contributed by atoms with van der Waals surface area (Å²) in [5.74, 6) is -1.74. The Labute approximate surface area is 186 Å². The first-order valence-corrected chi connectivity index (χ1v) is 11.1. The first-order chi connectivity index (χ1) is 14.8. The highest BCUT2D eigenvalue weighted by molar-refractivity contribution is 8.01. The lowest BCUT2D eigenvalue weighted by atomic mass is 10.0. The summed E-state index contributed by atoms with van der Waals surface area (Å²) in [5.41, 5.74) is 1.30. The SMILES string of the molecule is COC(=O)/C(=C(/C)CSc1nnc(C)s1)N1CC(N2C(=O)c3ccccc3C2=O)C1=O. The number of ether oxygens (including phenoxy) is 1. The minimum absolute atomic E-state index is 0.0364. The van der Waals surface area contributed by atoms with E-state index in [0.29, 0.717) is 11.3 Å². The molecule has 1 saturated heterocycles. The number of thioether (sulfide) groups is 1. The molecule has 0 spiro atoms. The number of carbonyl (C=O) groups excluding carboxylic acids is 4. The molecule has 3 heterocycles. The minimum Gasteiger partial charge on any atom is -0.464 e. The molecule has 2 aliphatic rings. The van der Waals surface area contributed by atoms with Gasteiger partial charge in [0.1, 0.15) is 16.7 Å². The molecule has 1 fully saturated rings. The second kappa shape index (κ2) is 8.23. The molecule has 0 N–H and O–H groups in total. The van der Waals surface area contributed by atoms with Gasteiger partial charge in [0.15, 0.2) is 4.34 Å². The number of benzene rings is 1. The van der Waals surface area contributed by atoms with Gasteiger partial charge >= 0.3 is 5.97 Å². The van der Waals surface area contributed by atoms with Crippen LogP contribution in [-0.2, 0) is 14.3 Å². The maximum atomic E-state index is 12.9. The average Bonchev–Trinajstić information content (AvgIpc) is 3.30. The molecule has 9 nitrogen and oxygen atoms in total. The number of carbonyl (C=O) groups is 4. The van der Waals surface area contributed by atoms with Crippen molar-refractivity contribution in [3.05, 3.63) is 51.7 Å². The molecular weight excluding hydrogens is 440 g/mol. The van der Waals surface area contributed by atoms with Crippen LogP contribution >= 0.6 is 23.1 Å². The zero-order valence-corrected chi connectivity index (χ0v) is 18.6. The third-order valence-corrected chi connectivity index (χ3v) is 7.16. The molecule has 2 aromatic rings. The molecule has 0 bridgehead atoms. The Morgan fingerprint density at radius 2 is 1.84 bits per heavy atom. The van der Waals surface area contributed by atoms with Crippen LogP contribution in [0, 0.1) is 6.92 Å². The van der Waals surface area contributed by atoms with Gasteiger partial charge in [-0.05, 0) is 31.6 Å². The van der Waals surface area contributed by atoms with Crippen LogP contribution in [-0.4, -0.2) is 69.1 Å². The molecule has 160 valence electrons. The van der Waals surface area contributed by atoms with E-state index in [0.717, 1.165) is 14.2 Å². The van der Waals surface area contributed by atoms with Gasteiger partial charge in [0.2, 0.25) is 0 Å². The Hall–Kier alpha value is -3.05. The zero-order valence-electron chi connectivity index (χ0n) is 16.9. The largest absolute Gasteiger partial charge is 0.464 e. The highest BCUT2D eigenvalue weighted by Gasteiger charge is 2.51. The van der Waals surface area contributed by atoms with E-state index < -0.39 is 29.7 Å². The van der Waals surface area contributed by atoms with Gasteiger partial charge in [0.25, 0.3) is 17.7 Å². The number of aromatic nitrogens is 2. The molecule has 0 saturated carbocycles. The first kappa shape index (κ1) is 21.2. The number of imide groups is 1. The van der Waals surface area contributed by atoms with Gasteiger partial charge in [-0.25, -0.2) is 4.79 Å². The Morgan fingerprint density at radius 1 is 1.19 bits per heavy atom. The van der Waals surface area contributed by atoms with Crippen LogP contribution < -0.4 is 0 Å². The minimum atomic E-state index is -0.946. The van der Waals surface area contributed by atoms with Gasteiger partial charge in [-0.1, -0.05) is 35.2 Å². The fraction of sp³-hybridized carbons (Fsp3) is 0.300. The van der Waals surface area contributed by atoms with E-state index in [4.69, 9.17) is 4.74 Å². The van der Waals surface area contributed by atoms with Gasteiger partial charge < -0.3 is 9.64 Å². The van der Waals surface area contributed by atoms with Crippen LogP contribution in [0.3, 0.4) is 0 Å². The van der Waals surface area contributed by atoms with Crippen molar-refractivity contribution in [2.24, 2.45) is 0 Å². The summed E-state index contributed by atoms with van der Waals surface area (Å²) in [7, 11) is 1.24. The fourth-order valence-electron chi connectivity index (χ4n) is 3.48. The second-order valence-electron chi connectivity index (χ2n) is 6.99. The molecule has 11 heteroatoms. The van der Waals surface area contributed by atoms with Crippen molar-refractivity contribution in [3.63, 3.8) is 0 Å². The van der Waals surface area contributed by atoms with E-state index in [1.54, 1.807) is 31.2 Å². The van der Waals surface area contributed by atoms with Crippen molar-refractivity contribution in [1.82, 2.24) is 20.0 Å². The van der Waals surface area contributed by atoms with Crippen molar-refractivity contribution in [3.8, 4) is 0 Å². The number of esters is 1. The normalized spacial score (nSPS) is 18.7. The Kier molecular flexibility index (Phi) is 5.63. The van der Waals surface area contributed by atoms with Crippen molar-refractivity contribution < 1.29 is 23.9 Å². The van der Waals surface area contributed by atoms with Crippen molar-refractivity contribution >= 4 is 46.8 Å². The van der Waals surface area contributed by atoms with Crippen LogP contribution in [0.15, 0.2) is 39.9 Å². The van der Waals surface area contributed by atoms with Crippen molar-refractivity contribution in [2.45, 2.75) is 24.2 Å². The van der Waals surface area contributed by atoms with Crippen LogP contribution in [0.2, 0.25) is 0 Å². The molecule has 1 aromatic carbocycles. The van der Waals surface area contributed by atoms with Crippen LogP contribution in [0.25, 0.3) is 0 Å². The number of fused-ring (bicyclic) bond motifs is 1. The summed E-state index contributed by atoms with van der Waals surface area (Å²) in [6.45, 7) is 3.62. The first-order valence-electron chi connectivity index (χ1n) is 9.32. The molecule has 3 amide bonds. The highest BCUT2D eigenvalue weighted by atomic mass is 32.2. The molecular formula is C20H18N4O5S2. The fourth-order valence-corrected chi connectivity index (χ4v) is 5.25. The number of rotatable bonds is 6. The number of nitrogens with zero attached hydrogens (tertiary/aromatic N) is 4. The van der Waals surface area contributed by atoms with Crippen molar-refractivity contribution in [2.75, 3.05) is 19.4 Å². The van der Waals surface area contributed by atoms with E-state index >= 15 is 0 Å². The third-order valence-electron chi connectivity index (χ3n) is 5.02. The number of hydrogen-bond donors (Lipinski definition) is 0. The highest BCUT2D eigenvalue weighted by Crippen LogP contribution is 2.32. The average molecular weight is 459 g/mol. The number of aryl methyl sites for hydroxylation is 1. The quantitative estimate of drug-likeness (QED) is 0.212. The maximum Gasteiger partial charge on any atom is 0.354 e. The molecule has 1 unspecified atom stereocenters. The van der Waals surface area contributed by atoms with E-state index in [2.05, 4.69) is 10.2 Å². The second-order valence-corrected chi connectivity index (χ2v) is 9.39. The monoisotopic (exact) mass is 458 g/mol. The molecule has 1 aromatic heterocycles. The van der Waals surface area contributed by atoms with E-state index in [9.17, 15) is 19.2 Å². The Balaban J connectivity index is 1.53. The third kappa shape index (κ3) is 3.63. The zero-order chi connectivity index (χ0) is 22.3. The molecule has 1 atom stereocenters. The van der Waals surface area contributed by atoms with E-state index in [1.165, 1.54) is 35.1 Å². The summed E-state index contributed by atoms with van der Waals surface area (Å²) in [4.78, 5) is 52.9. The number of amides is 3. The van der Waals surface area contributed by atoms with Gasteiger partial charge in [0.05, 0.1) is 24.8 Å². The maximum absolute atomic E-state index is 12.9. The molecule has 0 aliphatic carbocycles. The lowest BCUT2D eigenvalue weighted by Crippen LogP contribution is -2.65. The number of methoxy groups -OCH3 is 1. The van der Waals surface area contributed by atoms with Crippen LogP contribution in [0.4, 0.5) is 0 Å². The number of likely N-dealkylation sites (tertiary alicyclic amines) is 1. The smallest absolute Gasteiger partial charge is 0.354 e. The lowest BCUT2D eigenvalue weighted by molar-refractivity contribution is -0.151. The lowest BCUT2D eigenvalue weighted by Gasteiger charge is -2.42. The van der Waals surface area contributed by atoms with Gasteiger partial charge in [-0.3, -0.25) is 19.3 Å². The summed E-state index contributed by atoms with van der Waals surface area (Å²) in [6, 6.07) is 5.51. The van der Waals surface area contributed by atoms with Crippen LogP contribution in [0.5, 0.6) is 0 Å². The van der Waals surface area contributed by atoms with Gasteiger partial charge in [-0.15, -0.1) is 10.2 Å². The summed E-state index contributed by atoms with van der Waals surface area (Å²) in [6.07, 6.45) is 0. The Morgan fingerprint density at radius 3 is 2.35 bits per heavy atom. The van der Waals surface area contributed by atoms with Crippen LogP contribution in [0.1, 0.15) is 32.6 Å². The van der Waals surface area contributed by atoms with E-state index in [1.807, 2.05) is 6.92 Å².